The van der Waals surface area contributed by atoms with Crippen LogP contribution in [-0.4, -0.2) is 26.7 Å². The first kappa shape index (κ1) is 15.7. The summed E-state index contributed by atoms with van der Waals surface area (Å²) in [6.07, 6.45) is 4.94. The van der Waals surface area contributed by atoms with Crippen molar-refractivity contribution in [1.29, 1.82) is 0 Å². The molecule has 2 heterocycles. The molecular formula is C18H24N4O. The highest BCUT2D eigenvalue weighted by atomic mass is 16.5. The van der Waals surface area contributed by atoms with E-state index in [4.69, 9.17) is 4.74 Å². The van der Waals surface area contributed by atoms with E-state index in [1.807, 2.05) is 39.0 Å². The smallest absolute Gasteiger partial charge is 0.182 e. The molecule has 0 bridgehead atoms. The van der Waals surface area contributed by atoms with Crippen LogP contribution in [0.4, 0.5) is 0 Å². The first-order chi connectivity index (χ1) is 11.3. The first-order valence-corrected chi connectivity index (χ1v) is 8.48. The maximum absolute atomic E-state index is 5.55. The molecule has 0 saturated heterocycles. The van der Waals surface area contributed by atoms with Gasteiger partial charge in [0.25, 0.3) is 0 Å². The lowest BCUT2D eigenvalue weighted by Gasteiger charge is -2.12. The molecule has 1 aromatic carbocycles. The highest BCUT2D eigenvalue weighted by molar-refractivity contribution is 5.84. The van der Waals surface area contributed by atoms with Crippen LogP contribution < -0.4 is 4.74 Å². The molecule has 0 unspecified atom stereocenters. The summed E-state index contributed by atoms with van der Waals surface area (Å²) in [7, 11) is 1.69. The van der Waals surface area contributed by atoms with Gasteiger partial charge < -0.3 is 4.74 Å². The molecule has 3 aromatic rings. The fourth-order valence-corrected chi connectivity index (χ4v) is 3.42. The minimum atomic E-state index is 0.495. The largest absolute Gasteiger partial charge is 0.494 e. The van der Waals surface area contributed by atoms with Gasteiger partial charge in [0.05, 0.1) is 18.3 Å². The Balaban J connectivity index is 0.000000753. The molecule has 0 amide bonds. The first-order valence-electron chi connectivity index (χ1n) is 8.48. The molecule has 4 rings (SSSR count). The quantitative estimate of drug-likeness (QED) is 0.709. The molecule has 1 fully saturated rings. The average Bonchev–Trinajstić information content (AvgIpc) is 3.25. The van der Waals surface area contributed by atoms with Crippen LogP contribution in [0.1, 0.15) is 57.0 Å². The second kappa shape index (κ2) is 6.52. The number of methoxy groups -OCH3 is 1. The average molecular weight is 312 g/mol. The zero-order valence-corrected chi connectivity index (χ0v) is 14.3. The van der Waals surface area contributed by atoms with E-state index >= 15 is 0 Å². The van der Waals surface area contributed by atoms with E-state index in [1.165, 1.54) is 25.7 Å². The minimum Gasteiger partial charge on any atom is -0.494 e. The maximum Gasteiger partial charge on any atom is 0.182 e. The Morgan fingerprint density at radius 1 is 1.13 bits per heavy atom. The SMILES string of the molecule is CC.COc1cccc2nc(C)c3nnc(C4CCCC4)n3c12. The lowest BCUT2D eigenvalue weighted by molar-refractivity contribution is 0.418. The minimum absolute atomic E-state index is 0.495. The van der Waals surface area contributed by atoms with Crippen molar-refractivity contribution in [3.63, 3.8) is 0 Å². The van der Waals surface area contributed by atoms with Crippen molar-refractivity contribution in [3.05, 3.63) is 29.7 Å². The molecule has 0 spiro atoms. The molecule has 1 saturated carbocycles. The van der Waals surface area contributed by atoms with Crippen LogP contribution in [0.5, 0.6) is 5.75 Å². The molecule has 23 heavy (non-hydrogen) atoms. The Hall–Kier alpha value is -2.17. The second-order valence-corrected chi connectivity index (χ2v) is 5.72. The number of para-hydroxylation sites is 1. The summed E-state index contributed by atoms with van der Waals surface area (Å²) in [5.74, 6) is 2.38. The van der Waals surface area contributed by atoms with Crippen LogP contribution in [0, 0.1) is 6.92 Å². The van der Waals surface area contributed by atoms with E-state index in [2.05, 4.69) is 19.6 Å². The number of ether oxygens (including phenoxy) is 1. The third-order valence-corrected chi connectivity index (χ3v) is 4.44. The van der Waals surface area contributed by atoms with Crippen molar-refractivity contribution in [1.82, 2.24) is 19.6 Å². The molecule has 2 aromatic heterocycles. The number of fused-ring (bicyclic) bond motifs is 3. The molecular weight excluding hydrogens is 288 g/mol. The molecule has 0 atom stereocenters. The normalized spacial score (nSPS) is 15.0. The van der Waals surface area contributed by atoms with Gasteiger partial charge in [-0.3, -0.25) is 4.40 Å². The number of benzene rings is 1. The highest BCUT2D eigenvalue weighted by Crippen LogP contribution is 2.35. The van der Waals surface area contributed by atoms with Gasteiger partial charge in [-0.05, 0) is 31.9 Å². The van der Waals surface area contributed by atoms with E-state index in [1.54, 1.807) is 7.11 Å². The Morgan fingerprint density at radius 3 is 2.57 bits per heavy atom. The van der Waals surface area contributed by atoms with Crippen LogP contribution in [-0.2, 0) is 0 Å². The Bertz CT molecular complexity index is 819. The molecule has 5 nitrogen and oxygen atoms in total. The van der Waals surface area contributed by atoms with Crippen LogP contribution in [0.3, 0.4) is 0 Å². The topological polar surface area (TPSA) is 52.3 Å². The van der Waals surface area contributed by atoms with E-state index in [-0.39, 0.29) is 0 Å². The van der Waals surface area contributed by atoms with Gasteiger partial charge in [-0.25, -0.2) is 4.98 Å². The van der Waals surface area contributed by atoms with Crippen molar-refractivity contribution < 1.29 is 4.74 Å². The van der Waals surface area contributed by atoms with E-state index in [0.29, 0.717) is 5.92 Å². The molecule has 0 N–H and O–H groups in total. The highest BCUT2D eigenvalue weighted by Gasteiger charge is 2.25. The summed E-state index contributed by atoms with van der Waals surface area (Å²) in [5.41, 5.74) is 3.66. The predicted octanol–water partition coefficient (Wildman–Crippen LogP) is 4.28. The number of hydrogen-bond acceptors (Lipinski definition) is 4. The molecule has 0 radical (unpaired) electrons. The fourth-order valence-electron chi connectivity index (χ4n) is 3.42. The van der Waals surface area contributed by atoms with Crippen molar-refractivity contribution in [2.75, 3.05) is 7.11 Å². The van der Waals surface area contributed by atoms with Gasteiger partial charge in [0, 0.05) is 5.92 Å². The molecule has 0 aliphatic heterocycles. The summed E-state index contributed by atoms with van der Waals surface area (Å²) in [5, 5.41) is 8.86. The van der Waals surface area contributed by atoms with E-state index < -0.39 is 0 Å². The third kappa shape index (κ3) is 2.54. The molecule has 122 valence electrons. The number of rotatable bonds is 2. The van der Waals surface area contributed by atoms with Gasteiger partial charge in [0.2, 0.25) is 0 Å². The summed E-state index contributed by atoms with van der Waals surface area (Å²) >= 11 is 0. The molecule has 1 aliphatic rings. The van der Waals surface area contributed by atoms with Gasteiger partial charge in [0.15, 0.2) is 5.65 Å². The summed E-state index contributed by atoms with van der Waals surface area (Å²) < 4.78 is 7.71. The predicted molar refractivity (Wildman–Crippen MR) is 92.1 cm³/mol. The summed E-state index contributed by atoms with van der Waals surface area (Å²) in [4.78, 5) is 4.65. The Morgan fingerprint density at radius 2 is 1.87 bits per heavy atom. The number of aromatic nitrogens is 4. The number of aryl methyl sites for hydroxylation is 1. The van der Waals surface area contributed by atoms with Crippen molar-refractivity contribution in [2.45, 2.75) is 52.4 Å². The van der Waals surface area contributed by atoms with Crippen LogP contribution >= 0.6 is 0 Å². The van der Waals surface area contributed by atoms with Crippen molar-refractivity contribution in [2.24, 2.45) is 0 Å². The van der Waals surface area contributed by atoms with Gasteiger partial charge in [0.1, 0.15) is 17.1 Å². The van der Waals surface area contributed by atoms with E-state index in [0.717, 1.165) is 33.9 Å². The summed E-state index contributed by atoms with van der Waals surface area (Å²) in [6.45, 7) is 5.99. The van der Waals surface area contributed by atoms with Gasteiger partial charge in [-0.15, -0.1) is 10.2 Å². The standard InChI is InChI=1S/C16H18N4O.C2H6/c1-10-15-18-19-16(11-6-3-4-7-11)20(15)14-12(17-10)8-5-9-13(14)21-2;1-2/h5,8-9,11H,3-4,6-7H2,1-2H3;1-2H3. The van der Waals surface area contributed by atoms with Gasteiger partial charge in [-0.2, -0.15) is 0 Å². The van der Waals surface area contributed by atoms with Crippen LogP contribution in [0.25, 0.3) is 16.7 Å². The summed E-state index contributed by atoms with van der Waals surface area (Å²) in [6, 6.07) is 5.96. The monoisotopic (exact) mass is 312 g/mol. The second-order valence-electron chi connectivity index (χ2n) is 5.72. The van der Waals surface area contributed by atoms with Crippen molar-refractivity contribution in [3.8, 4) is 5.75 Å². The maximum atomic E-state index is 5.55. The van der Waals surface area contributed by atoms with E-state index in [9.17, 15) is 0 Å². The van der Waals surface area contributed by atoms with Gasteiger partial charge >= 0.3 is 0 Å². The Kier molecular flexibility index (Phi) is 4.46. The van der Waals surface area contributed by atoms with Crippen LogP contribution in [0.2, 0.25) is 0 Å². The lowest BCUT2D eigenvalue weighted by atomic mass is 10.1. The number of hydrogen-bond donors (Lipinski definition) is 0. The Labute approximate surface area is 136 Å². The lowest BCUT2D eigenvalue weighted by Crippen LogP contribution is -2.04. The fraction of sp³-hybridized carbons (Fsp3) is 0.500. The molecule has 5 heteroatoms. The number of nitrogens with zero attached hydrogens (tertiary/aromatic N) is 4. The van der Waals surface area contributed by atoms with Crippen LogP contribution in [0.15, 0.2) is 18.2 Å². The van der Waals surface area contributed by atoms with Gasteiger partial charge in [-0.1, -0.05) is 32.8 Å². The third-order valence-electron chi connectivity index (χ3n) is 4.44. The molecule has 1 aliphatic carbocycles. The zero-order valence-electron chi connectivity index (χ0n) is 14.3. The zero-order chi connectivity index (χ0) is 16.4. The van der Waals surface area contributed by atoms with Crippen molar-refractivity contribution >= 4 is 16.7 Å².